The predicted octanol–water partition coefficient (Wildman–Crippen LogP) is 1.03. The van der Waals surface area contributed by atoms with E-state index in [4.69, 9.17) is 4.42 Å². The third-order valence-electron chi connectivity index (χ3n) is 2.88. The van der Waals surface area contributed by atoms with E-state index < -0.39 is 16.1 Å². The number of nitrogens with zero attached hydrogens (tertiary/aromatic N) is 2. The standard InChI is InChI=1S/C10H18N4O3S/c1-7(14-18(2,15)16)9-12-13-10(17-9)11-8-5-3-4-6-8/h7-8,14H,3-6H2,1-2H3,(H,11,13). The van der Waals surface area contributed by atoms with Crippen molar-refractivity contribution >= 4 is 16.0 Å². The molecular weight excluding hydrogens is 256 g/mol. The van der Waals surface area contributed by atoms with Gasteiger partial charge in [-0.3, -0.25) is 0 Å². The van der Waals surface area contributed by atoms with Gasteiger partial charge in [-0.25, -0.2) is 13.1 Å². The van der Waals surface area contributed by atoms with Crippen LogP contribution in [0.2, 0.25) is 0 Å². The molecule has 2 N–H and O–H groups in total. The number of sulfonamides is 1. The first-order valence-corrected chi connectivity index (χ1v) is 7.90. The van der Waals surface area contributed by atoms with Crippen LogP contribution in [-0.2, 0) is 10.0 Å². The summed E-state index contributed by atoms with van der Waals surface area (Å²) in [5.41, 5.74) is 0. The minimum Gasteiger partial charge on any atom is -0.406 e. The van der Waals surface area contributed by atoms with Crippen molar-refractivity contribution in [2.24, 2.45) is 0 Å². The molecule has 1 fully saturated rings. The van der Waals surface area contributed by atoms with Crippen molar-refractivity contribution in [1.29, 1.82) is 0 Å². The zero-order valence-electron chi connectivity index (χ0n) is 10.5. The van der Waals surface area contributed by atoms with E-state index in [-0.39, 0.29) is 5.89 Å². The van der Waals surface area contributed by atoms with Crippen molar-refractivity contribution in [1.82, 2.24) is 14.9 Å². The van der Waals surface area contributed by atoms with Crippen LogP contribution in [0.1, 0.15) is 44.5 Å². The molecule has 1 saturated carbocycles. The van der Waals surface area contributed by atoms with E-state index >= 15 is 0 Å². The molecule has 0 radical (unpaired) electrons. The van der Waals surface area contributed by atoms with E-state index in [0.29, 0.717) is 12.1 Å². The van der Waals surface area contributed by atoms with Gasteiger partial charge < -0.3 is 9.73 Å². The van der Waals surface area contributed by atoms with Crippen molar-refractivity contribution in [2.75, 3.05) is 11.6 Å². The van der Waals surface area contributed by atoms with Crippen molar-refractivity contribution in [3.05, 3.63) is 5.89 Å². The molecule has 0 saturated heterocycles. The molecule has 1 heterocycles. The van der Waals surface area contributed by atoms with Gasteiger partial charge in [-0.05, 0) is 19.8 Å². The summed E-state index contributed by atoms with van der Waals surface area (Å²) in [6.07, 6.45) is 5.73. The number of aromatic nitrogens is 2. The fourth-order valence-electron chi connectivity index (χ4n) is 2.08. The van der Waals surface area contributed by atoms with Crippen LogP contribution in [-0.4, -0.2) is 30.9 Å². The Kier molecular flexibility index (Phi) is 3.86. The maximum Gasteiger partial charge on any atom is 0.315 e. The SMILES string of the molecule is CC(NS(C)(=O)=O)c1nnc(NC2CCCC2)o1. The van der Waals surface area contributed by atoms with Crippen LogP contribution in [0.4, 0.5) is 6.01 Å². The molecule has 0 amide bonds. The lowest BCUT2D eigenvalue weighted by Crippen LogP contribution is -2.25. The minimum atomic E-state index is -3.28. The first-order chi connectivity index (χ1) is 8.44. The second-order valence-corrected chi connectivity index (χ2v) is 6.46. The van der Waals surface area contributed by atoms with Gasteiger partial charge in [-0.15, -0.1) is 5.10 Å². The van der Waals surface area contributed by atoms with E-state index in [0.717, 1.165) is 19.1 Å². The summed E-state index contributed by atoms with van der Waals surface area (Å²) >= 11 is 0. The Hall–Kier alpha value is -1.15. The van der Waals surface area contributed by atoms with Crippen molar-refractivity contribution in [2.45, 2.75) is 44.7 Å². The highest BCUT2D eigenvalue weighted by Gasteiger charge is 2.20. The first kappa shape index (κ1) is 13.3. The van der Waals surface area contributed by atoms with Crippen LogP contribution in [0.5, 0.6) is 0 Å². The zero-order chi connectivity index (χ0) is 13.2. The van der Waals surface area contributed by atoms with Gasteiger partial charge in [0.1, 0.15) is 0 Å². The van der Waals surface area contributed by atoms with E-state index in [2.05, 4.69) is 20.2 Å². The Morgan fingerprint density at radius 2 is 2.00 bits per heavy atom. The number of nitrogens with one attached hydrogen (secondary N) is 2. The molecule has 1 aliphatic carbocycles. The Labute approximate surface area is 106 Å². The molecule has 1 unspecified atom stereocenters. The van der Waals surface area contributed by atoms with E-state index in [1.165, 1.54) is 12.8 Å². The second kappa shape index (κ2) is 5.23. The fraction of sp³-hybridized carbons (Fsp3) is 0.800. The highest BCUT2D eigenvalue weighted by atomic mass is 32.2. The van der Waals surface area contributed by atoms with Gasteiger partial charge in [0.2, 0.25) is 15.9 Å². The smallest absolute Gasteiger partial charge is 0.315 e. The largest absolute Gasteiger partial charge is 0.406 e. The molecular formula is C10H18N4O3S. The molecule has 102 valence electrons. The molecule has 0 spiro atoms. The Balaban J connectivity index is 1.96. The molecule has 0 aliphatic heterocycles. The molecule has 0 aromatic carbocycles. The summed E-state index contributed by atoms with van der Waals surface area (Å²) in [6.45, 7) is 1.66. The van der Waals surface area contributed by atoms with Gasteiger partial charge in [0.25, 0.3) is 0 Å². The first-order valence-electron chi connectivity index (χ1n) is 6.01. The molecule has 1 aliphatic rings. The number of hydrogen-bond donors (Lipinski definition) is 2. The monoisotopic (exact) mass is 274 g/mol. The lowest BCUT2D eigenvalue weighted by molar-refractivity contribution is 0.449. The second-order valence-electron chi connectivity index (χ2n) is 4.68. The average molecular weight is 274 g/mol. The van der Waals surface area contributed by atoms with Gasteiger partial charge in [0.05, 0.1) is 12.3 Å². The highest BCUT2D eigenvalue weighted by Crippen LogP contribution is 2.22. The molecule has 18 heavy (non-hydrogen) atoms. The topological polar surface area (TPSA) is 97.1 Å². The molecule has 7 nitrogen and oxygen atoms in total. The molecule has 2 rings (SSSR count). The molecule has 1 aromatic rings. The van der Waals surface area contributed by atoms with E-state index in [1.807, 2.05) is 0 Å². The summed E-state index contributed by atoms with van der Waals surface area (Å²) in [7, 11) is -3.28. The van der Waals surface area contributed by atoms with Gasteiger partial charge in [-0.1, -0.05) is 17.9 Å². The zero-order valence-corrected chi connectivity index (χ0v) is 11.3. The molecule has 8 heteroatoms. The molecule has 0 bridgehead atoms. The summed E-state index contributed by atoms with van der Waals surface area (Å²) in [6, 6.07) is 0.224. The van der Waals surface area contributed by atoms with Gasteiger partial charge in [-0.2, -0.15) is 0 Å². The van der Waals surface area contributed by atoms with Gasteiger partial charge >= 0.3 is 6.01 Å². The van der Waals surface area contributed by atoms with Crippen LogP contribution < -0.4 is 10.0 Å². The van der Waals surface area contributed by atoms with Crippen LogP contribution in [0, 0.1) is 0 Å². The summed E-state index contributed by atoms with van der Waals surface area (Å²) < 4.78 is 30.0. The normalized spacial score (nSPS) is 19.0. The van der Waals surface area contributed by atoms with Crippen LogP contribution >= 0.6 is 0 Å². The highest BCUT2D eigenvalue weighted by molar-refractivity contribution is 7.88. The quantitative estimate of drug-likeness (QED) is 0.832. The minimum absolute atomic E-state index is 0.265. The summed E-state index contributed by atoms with van der Waals surface area (Å²) in [4.78, 5) is 0. The van der Waals surface area contributed by atoms with Crippen LogP contribution in [0.15, 0.2) is 4.42 Å². The Morgan fingerprint density at radius 1 is 1.33 bits per heavy atom. The third-order valence-corrected chi connectivity index (χ3v) is 3.67. The number of rotatable bonds is 5. The van der Waals surface area contributed by atoms with E-state index in [1.54, 1.807) is 6.92 Å². The predicted molar refractivity (Wildman–Crippen MR) is 66.6 cm³/mol. The maximum atomic E-state index is 11.1. The summed E-state index contributed by atoms with van der Waals surface area (Å²) in [5, 5.41) is 10.9. The number of hydrogen-bond acceptors (Lipinski definition) is 6. The lowest BCUT2D eigenvalue weighted by atomic mass is 10.3. The Bertz CT molecular complexity index is 493. The van der Waals surface area contributed by atoms with Crippen LogP contribution in [0.25, 0.3) is 0 Å². The van der Waals surface area contributed by atoms with Crippen molar-refractivity contribution in [3.8, 4) is 0 Å². The molecule has 1 aromatic heterocycles. The third kappa shape index (κ3) is 3.67. The average Bonchev–Trinajstić information content (AvgIpc) is 2.86. The van der Waals surface area contributed by atoms with Crippen LogP contribution in [0.3, 0.4) is 0 Å². The van der Waals surface area contributed by atoms with E-state index in [9.17, 15) is 8.42 Å². The van der Waals surface area contributed by atoms with Crippen molar-refractivity contribution < 1.29 is 12.8 Å². The summed E-state index contributed by atoms with van der Waals surface area (Å²) in [5.74, 6) is 0.265. The van der Waals surface area contributed by atoms with Gasteiger partial charge in [0.15, 0.2) is 0 Å². The van der Waals surface area contributed by atoms with Gasteiger partial charge in [0, 0.05) is 6.04 Å². The fourth-order valence-corrected chi connectivity index (χ4v) is 2.83. The van der Waals surface area contributed by atoms with Crippen molar-refractivity contribution in [3.63, 3.8) is 0 Å². The lowest BCUT2D eigenvalue weighted by Gasteiger charge is -2.09. The Morgan fingerprint density at radius 3 is 2.61 bits per heavy atom. The maximum absolute atomic E-state index is 11.1. The number of anilines is 1. The molecule has 1 atom stereocenters.